The number of aromatic amines is 1. The lowest BCUT2D eigenvalue weighted by Crippen LogP contribution is -2.53. The van der Waals surface area contributed by atoms with Crippen molar-refractivity contribution in [1.29, 1.82) is 0 Å². The molecule has 2 fully saturated rings. The Morgan fingerprint density at radius 1 is 1.32 bits per heavy atom. The van der Waals surface area contributed by atoms with E-state index in [1.54, 1.807) is 0 Å². The lowest BCUT2D eigenvalue weighted by atomic mass is 9.74. The van der Waals surface area contributed by atoms with Crippen LogP contribution in [0, 0.1) is 5.92 Å². The lowest BCUT2D eigenvalue weighted by Gasteiger charge is -2.50. The standard InChI is InChI=1S/C20H25N3O2/c1-20(2)14-11-15-17(7-10-23(15)12-18-21-8-9-22-18)24-19(14)13-5-3-4-6-16(13)25-20/h3-6,8-9,14-15,17,19H,7,10-12H2,1-2H3,(H,21,22)/t14-,15-,17-,19+/m1/s1. The Kier molecular flexibility index (Phi) is 3.44. The maximum atomic E-state index is 6.67. The molecule has 5 heteroatoms. The number of nitrogens with zero attached hydrogens (tertiary/aromatic N) is 2. The molecule has 3 aliphatic rings. The van der Waals surface area contributed by atoms with Crippen LogP contribution in [-0.4, -0.2) is 39.2 Å². The predicted octanol–water partition coefficient (Wildman–Crippen LogP) is 3.30. The van der Waals surface area contributed by atoms with E-state index in [2.05, 4.69) is 46.9 Å². The van der Waals surface area contributed by atoms with E-state index in [0.717, 1.165) is 37.5 Å². The van der Waals surface area contributed by atoms with Crippen LogP contribution in [-0.2, 0) is 11.3 Å². The minimum atomic E-state index is -0.219. The fraction of sp³-hybridized carbons (Fsp3) is 0.550. The van der Waals surface area contributed by atoms with E-state index >= 15 is 0 Å². The third-order valence-corrected chi connectivity index (χ3v) is 6.18. The molecule has 3 aliphatic heterocycles. The van der Waals surface area contributed by atoms with Crippen molar-refractivity contribution in [3.05, 3.63) is 48.0 Å². The Morgan fingerprint density at radius 3 is 3.04 bits per heavy atom. The number of hydrogen-bond donors (Lipinski definition) is 1. The average molecular weight is 339 g/mol. The fourth-order valence-corrected chi connectivity index (χ4v) is 4.89. The summed E-state index contributed by atoms with van der Waals surface area (Å²) in [6, 6.07) is 8.81. The van der Waals surface area contributed by atoms with E-state index in [0.29, 0.717) is 18.1 Å². The summed E-state index contributed by atoms with van der Waals surface area (Å²) in [6.07, 6.45) is 6.37. The van der Waals surface area contributed by atoms with E-state index in [-0.39, 0.29) is 11.7 Å². The van der Waals surface area contributed by atoms with Gasteiger partial charge in [-0.3, -0.25) is 4.90 Å². The second-order valence-electron chi connectivity index (χ2n) is 8.04. The van der Waals surface area contributed by atoms with Crippen LogP contribution in [0.3, 0.4) is 0 Å². The largest absolute Gasteiger partial charge is 0.487 e. The second kappa shape index (κ2) is 5.58. The fourth-order valence-electron chi connectivity index (χ4n) is 4.89. The molecule has 2 saturated heterocycles. The van der Waals surface area contributed by atoms with Gasteiger partial charge in [-0.2, -0.15) is 0 Å². The molecule has 1 aromatic carbocycles. The van der Waals surface area contributed by atoms with Gasteiger partial charge in [0.15, 0.2) is 0 Å². The van der Waals surface area contributed by atoms with Gasteiger partial charge in [0.2, 0.25) is 0 Å². The summed E-state index contributed by atoms with van der Waals surface area (Å²) in [7, 11) is 0. The molecule has 4 atom stereocenters. The van der Waals surface area contributed by atoms with Gasteiger partial charge in [0.25, 0.3) is 0 Å². The molecule has 0 spiro atoms. The van der Waals surface area contributed by atoms with Crippen LogP contribution < -0.4 is 4.74 Å². The van der Waals surface area contributed by atoms with Crippen molar-refractivity contribution in [3.8, 4) is 5.75 Å². The smallest absolute Gasteiger partial charge is 0.125 e. The molecular weight excluding hydrogens is 314 g/mol. The molecule has 0 aliphatic carbocycles. The van der Waals surface area contributed by atoms with Gasteiger partial charge in [0, 0.05) is 36.5 Å². The van der Waals surface area contributed by atoms with Gasteiger partial charge < -0.3 is 14.5 Å². The number of H-pyrrole nitrogens is 1. The highest BCUT2D eigenvalue weighted by molar-refractivity contribution is 5.39. The van der Waals surface area contributed by atoms with E-state index in [9.17, 15) is 0 Å². The molecule has 1 N–H and O–H groups in total. The highest BCUT2D eigenvalue weighted by atomic mass is 16.5. The quantitative estimate of drug-likeness (QED) is 0.912. The van der Waals surface area contributed by atoms with Crippen molar-refractivity contribution < 1.29 is 9.47 Å². The first-order chi connectivity index (χ1) is 12.1. The van der Waals surface area contributed by atoms with Gasteiger partial charge in [-0.1, -0.05) is 18.2 Å². The number of benzene rings is 1. The number of imidazole rings is 1. The topological polar surface area (TPSA) is 50.4 Å². The number of rotatable bonds is 2. The molecule has 0 saturated carbocycles. The molecule has 0 bridgehead atoms. The van der Waals surface area contributed by atoms with Crippen LogP contribution in [0.25, 0.3) is 0 Å². The number of likely N-dealkylation sites (tertiary alicyclic amines) is 1. The first kappa shape index (κ1) is 15.4. The summed E-state index contributed by atoms with van der Waals surface area (Å²) in [5, 5.41) is 0. The number of para-hydroxylation sites is 1. The minimum absolute atomic E-state index is 0.143. The molecule has 132 valence electrons. The van der Waals surface area contributed by atoms with Gasteiger partial charge in [-0.15, -0.1) is 0 Å². The number of ether oxygens (including phenoxy) is 2. The maximum Gasteiger partial charge on any atom is 0.125 e. The third kappa shape index (κ3) is 2.49. The second-order valence-corrected chi connectivity index (χ2v) is 8.04. The van der Waals surface area contributed by atoms with Crippen LogP contribution in [0.15, 0.2) is 36.7 Å². The Bertz CT molecular complexity index is 758. The van der Waals surface area contributed by atoms with Crippen molar-refractivity contribution in [1.82, 2.24) is 14.9 Å². The van der Waals surface area contributed by atoms with Crippen molar-refractivity contribution in [2.45, 2.75) is 57.1 Å². The molecule has 2 aromatic rings. The van der Waals surface area contributed by atoms with Gasteiger partial charge in [-0.25, -0.2) is 4.98 Å². The summed E-state index contributed by atoms with van der Waals surface area (Å²) < 4.78 is 13.0. The van der Waals surface area contributed by atoms with Crippen LogP contribution in [0.1, 0.15) is 44.2 Å². The van der Waals surface area contributed by atoms with Crippen molar-refractivity contribution in [3.63, 3.8) is 0 Å². The SMILES string of the molecule is CC1(C)Oc2ccccc2[C@@H]2O[C@@H]3CCN(Cc4ncc[nH]4)[C@@H]3C[C@H]21. The van der Waals surface area contributed by atoms with Gasteiger partial charge >= 0.3 is 0 Å². The first-order valence-corrected chi connectivity index (χ1v) is 9.27. The zero-order valence-electron chi connectivity index (χ0n) is 14.8. The van der Waals surface area contributed by atoms with E-state index in [1.165, 1.54) is 5.56 Å². The molecule has 4 heterocycles. The van der Waals surface area contributed by atoms with Gasteiger partial charge in [0.05, 0.1) is 18.8 Å². The van der Waals surface area contributed by atoms with Crippen molar-refractivity contribution >= 4 is 0 Å². The number of nitrogens with one attached hydrogen (secondary N) is 1. The van der Waals surface area contributed by atoms with Gasteiger partial charge in [0.1, 0.15) is 17.2 Å². The van der Waals surface area contributed by atoms with E-state index in [1.807, 2.05) is 18.5 Å². The number of aromatic nitrogens is 2. The summed E-state index contributed by atoms with van der Waals surface area (Å²) in [6.45, 7) is 6.34. The van der Waals surface area contributed by atoms with Crippen LogP contribution in [0.2, 0.25) is 0 Å². The van der Waals surface area contributed by atoms with Crippen LogP contribution in [0.4, 0.5) is 0 Å². The Morgan fingerprint density at radius 2 is 2.20 bits per heavy atom. The predicted molar refractivity (Wildman–Crippen MR) is 94.3 cm³/mol. The van der Waals surface area contributed by atoms with Crippen LogP contribution >= 0.6 is 0 Å². The Labute approximate surface area is 148 Å². The molecule has 1 aromatic heterocycles. The molecule has 25 heavy (non-hydrogen) atoms. The first-order valence-electron chi connectivity index (χ1n) is 9.27. The molecule has 5 rings (SSSR count). The summed E-state index contributed by atoms with van der Waals surface area (Å²) in [4.78, 5) is 10.1. The zero-order chi connectivity index (χ0) is 17.0. The Balaban J connectivity index is 1.43. The minimum Gasteiger partial charge on any atom is -0.487 e. The zero-order valence-corrected chi connectivity index (χ0v) is 14.8. The molecule has 0 amide bonds. The molecule has 0 unspecified atom stereocenters. The normalized spacial score (nSPS) is 33.2. The Hall–Kier alpha value is -1.85. The summed E-state index contributed by atoms with van der Waals surface area (Å²) in [5.74, 6) is 2.38. The van der Waals surface area contributed by atoms with E-state index < -0.39 is 0 Å². The average Bonchev–Trinajstić information content (AvgIpc) is 3.24. The van der Waals surface area contributed by atoms with Crippen molar-refractivity contribution in [2.75, 3.05) is 6.54 Å². The highest BCUT2D eigenvalue weighted by Crippen LogP contribution is 2.52. The lowest BCUT2D eigenvalue weighted by molar-refractivity contribution is -0.162. The van der Waals surface area contributed by atoms with Crippen LogP contribution in [0.5, 0.6) is 5.75 Å². The van der Waals surface area contributed by atoms with E-state index in [4.69, 9.17) is 9.47 Å². The maximum absolute atomic E-state index is 6.67. The van der Waals surface area contributed by atoms with Gasteiger partial charge in [-0.05, 0) is 32.8 Å². The number of fused-ring (bicyclic) bond motifs is 4. The molecule has 0 radical (unpaired) electrons. The summed E-state index contributed by atoms with van der Waals surface area (Å²) in [5.41, 5.74) is 0.998. The third-order valence-electron chi connectivity index (χ3n) is 6.18. The highest BCUT2D eigenvalue weighted by Gasteiger charge is 2.52. The number of hydrogen-bond acceptors (Lipinski definition) is 4. The monoisotopic (exact) mass is 339 g/mol. The summed E-state index contributed by atoms with van der Waals surface area (Å²) >= 11 is 0. The molecular formula is C20H25N3O2. The van der Waals surface area contributed by atoms with Crippen molar-refractivity contribution in [2.24, 2.45) is 5.92 Å². The molecule has 5 nitrogen and oxygen atoms in total.